The second kappa shape index (κ2) is 5.46. The summed E-state index contributed by atoms with van der Waals surface area (Å²) in [6.45, 7) is 8.62. The minimum absolute atomic E-state index is 0. The van der Waals surface area contributed by atoms with E-state index in [0.717, 1.165) is 31.8 Å². The van der Waals surface area contributed by atoms with Crippen LogP contribution in [0.2, 0.25) is 0 Å². The minimum atomic E-state index is -0.0210. The average Bonchev–Trinajstić information content (AvgIpc) is 2.03. The molecule has 0 saturated carbocycles. The molecule has 2 N–H and O–H groups in total. The summed E-state index contributed by atoms with van der Waals surface area (Å²) in [4.78, 5) is 1.85. The molecular formula is C10H20N3Y-. The van der Waals surface area contributed by atoms with Crippen molar-refractivity contribution in [2.75, 3.05) is 13.1 Å². The average molecular weight is 271 g/mol. The number of hydrogen-bond acceptors (Lipinski definition) is 1. The quantitative estimate of drug-likeness (QED) is 0.534. The molecule has 1 heterocycles. The maximum atomic E-state index is 7.20. The summed E-state index contributed by atoms with van der Waals surface area (Å²) in [6.07, 6.45) is 2.26. The van der Waals surface area contributed by atoms with Gasteiger partial charge >= 0.3 is 0 Å². The van der Waals surface area contributed by atoms with E-state index in [1.165, 1.54) is 0 Å². The Hall–Kier alpha value is 0.374. The summed E-state index contributed by atoms with van der Waals surface area (Å²) in [6, 6.07) is 0. The van der Waals surface area contributed by atoms with E-state index < -0.39 is 0 Å². The van der Waals surface area contributed by atoms with Crippen LogP contribution in [0.15, 0.2) is 0 Å². The van der Waals surface area contributed by atoms with Gasteiger partial charge < -0.3 is 16.0 Å². The number of likely N-dealkylation sites (tertiary alicyclic amines) is 1. The maximum Gasteiger partial charge on any atom is 0.00267 e. The minimum Gasteiger partial charge on any atom is -0.427 e. The third kappa shape index (κ3) is 3.86. The summed E-state index contributed by atoms with van der Waals surface area (Å²) in [5, 5.41) is 7.20. The van der Waals surface area contributed by atoms with Crippen molar-refractivity contribution >= 4 is 5.96 Å². The fraction of sp³-hybridized carbons (Fsp3) is 0.900. The Morgan fingerprint density at radius 2 is 1.71 bits per heavy atom. The second-order valence-electron chi connectivity index (χ2n) is 4.98. The van der Waals surface area contributed by atoms with Crippen molar-refractivity contribution in [2.24, 2.45) is 11.3 Å². The molecule has 1 rings (SSSR count). The van der Waals surface area contributed by atoms with Gasteiger partial charge in [0.1, 0.15) is 0 Å². The Labute approximate surface area is 112 Å². The van der Waals surface area contributed by atoms with E-state index in [1.807, 2.05) is 4.90 Å². The molecule has 0 aromatic rings. The third-order valence-electron chi connectivity index (χ3n) is 3.04. The number of piperidine rings is 1. The van der Waals surface area contributed by atoms with Crippen LogP contribution in [0.4, 0.5) is 0 Å². The van der Waals surface area contributed by atoms with Gasteiger partial charge in [-0.3, -0.25) is 0 Å². The molecule has 1 saturated heterocycles. The molecule has 1 fully saturated rings. The standard InChI is InChI=1S/C10H20N3.Y/c1-10(2,3)8-4-6-13(7-5-8)9(11)12;/h8H,4-7H2,1-3H3,(H2-,11,12);/q-1;. The number of rotatable bonds is 0. The normalized spacial score (nSPS) is 18.9. The first-order valence-corrected chi connectivity index (χ1v) is 4.96. The van der Waals surface area contributed by atoms with E-state index in [4.69, 9.17) is 11.1 Å². The van der Waals surface area contributed by atoms with Gasteiger partial charge in [0, 0.05) is 38.7 Å². The Balaban J connectivity index is 0.00000169. The van der Waals surface area contributed by atoms with E-state index in [2.05, 4.69) is 20.8 Å². The SMILES string of the molecule is CC(C)(C)C1CCN(C(=N)[NH-])CC1.[Y]. The monoisotopic (exact) mass is 271 g/mol. The van der Waals surface area contributed by atoms with Crippen molar-refractivity contribution in [2.45, 2.75) is 33.6 Å². The molecule has 0 bridgehead atoms. The van der Waals surface area contributed by atoms with E-state index in [0.29, 0.717) is 5.41 Å². The molecule has 1 aliphatic rings. The van der Waals surface area contributed by atoms with Gasteiger partial charge in [0.2, 0.25) is 0 Å². The van der Waals surface area contributed by atoms with Crippen molar-refractivity contribution in [3.05, 3.63) is 5.73 Å². The van der Waals surface area contributed by atoms with Gasteiger partial charge in [-0.15, -0.1) is 0 Å². The summed E-state index contributed by atoms with van der Waals surface area (Å²) in [5.74, 6) is 0.732. The molecule has 0 aromatic heterocycles. The predicted molar refractivity (Wildman–Crippen MR) is 55.8 cm³/mol. The van der Waals surface area contributed by atoms with Crippen molar-refractivity contribution in [1.82, 2.24) is 4.90 Å². The van der Waals surface area contributed by atoms with Crippen molar-refractivity contribution in [1.29, 1.82) is 5.41 Å². The number of nitrogens with zero attached hydrogens (tertiary/aromatic N) is 1. The topological polar surface area (TPSA) is 50.9 Å². The number of nitrogens with one attached hydrogen (secondary N) is 2. The Bertz CT molecular complexity index is 190. The molecular weight excluding hydrogens is 251 g/mol. The van der Waals surface area contributed by atoms with Gasteiger partial charge in [-0.05, 0) is 37.3 Å². The fourth-order valence-electron chi connectivity index (χ4n) is 1.97. The molecule has 14 heavy (non-hydrogen) atoms. The molecule has 0 amide bonds. The number of guanidine groups is 1. The molecule has 1 aliphatic heterocycles. The molecule has 0 atom stereocenters. The van der Waals surface area contributed by atoms with Gasteiger partial charge in [-0.25, -0.2) is 0 Å². The molecule has 0 spiro atoms. The van der Waals surface area contributed by atoms with Crippen LogP contribution in [0.3, 0.4) is 0 Å². The van der Waals surface area contributed by atoms with E-state index in [9.17, 15) is 0 Å². The molecule has 79 valence electrons. The van der Waals surface area contributed by atoms with Crippen LogP contribution in [0, 0.1) is 16.7 Å². The second-order valence-corrected chi connectivity index (χ2v) is 4.98. The molecule has 3 nitrogen and oxygen atoms in total. The van der Waals surface area contributed by atoms with Gasteiger partial charge in [0.15, 0.2) is 0 Å². The number of hydrogen-bond donors (Lipinski definition) is 1. The van der Waals surface area contributed by atoms with Gasteiger partial charge in [0.25, 0.3) is 0 Å². The van der Waals surface area contributed by atoms with Crippen molar-refractivity contribution < 1.29 is 32.7 Å². The van der Waals surface area contributed by atoms with Crippen molar-refractivity contribution in [3.63, 3.8) is 0 Å². The smallest absolute Gasteiger partial charge is 0.00267 e. The zero-order chi connectivity index (χ0) is 10.1. The van der Waals surface area contributed by atoms with E-state index >= 15 is 0 Å². The zero-order valence-electron chi connectivity index (χ0n) is 9.43. The Kier molecular flexibility index (Phi) is 5.60. The van der Waals surface area contributed by atoms with Crippen LogP contribution in [0.25, 0.3) is 5.73 Å². The molecule has 0 unspecified atom stereocenters. The van der Waals surface area contributed by atoms with Gasteiger partial charge in [0.05, 0.1) is 0 Å². The largest absolute Gasteiger partial charge is 0.427 e. The summed E-state index contributed by atoms with van der Waals surface area (Å²) >= 11 is 0. The third-order valence-corrected chi connectivity index (χ3v) is 3.04. The Morgan fingerprint density at radius 1 is 1.29 bits per heavy atom. The fourth-order valence-corrected chi connectivity index (χ4v) is 1.97. The van der Waals surface area contributed by atoms with Crippen LogP contribution in [-0.4, -0.2) is 23.9 Å². The van der Waals surface area contributed by atoms with Crippen LogP contribution in [-0.2, 0) is 32.7 Å². The maximum absolute atomic E-state index is 7.20. The van der Waals surface area contributed by atoms with Crippen LogP contribution < -0.4 is 0 Å². The molecule has 1 radical (unpaired) electrons. The van der Waals surface area contributed by atoms with Crippen LogP contribution >= 0.6 is 0 Å². The summed E-state index contributed by atoms with van der Waals surface area (Å²) in [7, 11) is 0. The predicted octanol–water partition coefficient (Wildman–Crippen LogP) is 2.73. The first-order chi connectivity index (χ1) is 5.91. The van der Waals surface area contributed by atoms with Gasteiger partial charge in [-0.1, -0.05) is 20.8 Å². The van der Waals surface area contributed by atoms with Gasteiger partial charge in [-0.2, -0.15) is 0 Å². The molecule has 0 aliphatic carbocycles. The first-order valence-electron chi connectivity index (χ1n) is 4.96. The molecule has 4 heteroatoms. The van der Waals surface area contributed by atoms with E-state index in [1.54, 1.807) is 0 Å². The zero-order valence-corrected chi connectivity index (χ0v) is 12.3. The van der Waals surface area contributed by atoms with E-state index in [-0.39, 0.29) is 38.7 Å². The first kappa shape index (κ1) is 14.4. The van der Waals surface area contributed by atoms with Crippen LogP contribution in [0.1, 0.15) is 33.6 Å². The van der Waals surface area contributed by atoms with Crippen LogP contribution in [0.5, 0.6) is 0 Å². The summed E-state index contributed by atoms with van der Waals surface area (Å²) < 4.78 is 0. The summed E-state index contributed by atoms with van der Waals surface area (Å²) in [5.41, 5.74) is 7.59. The Morgan fingerprint density at radius 3 is 2.00 bits per heavy atom. The van der Waals surface area contributed by atoms with Crippen molar-refractivity contribution in [3.8, 4) is 0 Å². The molecule has 0 aromatic carbocycles.